The van der Waals surface area contributed by atoms with Crippen LogP contribution in [0.2, 0.25) is 5.02 Å². The standard InChI is InChI=1S/C18H19ClN2O/c1-13-7-8-14(12-20-13)10-18(22)21-9-3-6-17(21)15-4-2-5-16(19)11-15/h2,4-5,7-8,11-12,17H,3,6,9-10H2,1H3. The molecule has 1 unspecified atom stereocenters. The Balaban J connectivity index is 1.75. The summed E-state index contributed by atoms with van der Waals surface area (Å²) in [5.74, 6) is 0.160. The van der Waals surface area contributed by atoms with Crippen LogP contribution < -0.4 is 0 Å². The van der Waals surface area contributed by atoms with Crippen molar-refractivity contribution >= 4 is 17.5 Å². The number of rotatable bonds is 3. The maximum atomic E-state index is 12.6. The Morgan fingerprint density at radius 1 is 1.36 bits per heavy atom. The van der Waals surface area contributed by atoms with E-state index >= 15 is 0 Å². The number of halogens is 1. The maximum Gasteiger partial charge on any atom is 0.227 e. The lowest BCUT2D eigenvalue weighted by molar-refractivity contribution is -0.131. The summed E-state index contributed by atoms with van der Waals surface area (Å²) in [5.41, 5.74) is 3.06. The summed E-state index contributed by atoms with van der Waals surface area (Å²) >= 11 is 6.08. The van der Waals surface area contributed by atoms with E-state index < -0.39 is 0 Å². The van der Waals surface area contributed by atoms with E-state index in [0.717, 1.165) is 41.2 Å². The van der Waals surface area contributed by atoms with Crippen molar-refractivity contribution in [3.8, 4) is 0 Å². The molecule has 1 atom stereocenters. The van der Waals surface area contributed by atoms with Crippen molar-refractivity contribution in [3.63, 3.8) is 0 Å². The van der Waals surface area contributed by atoms with Crippen LogP contribution in [0.3, 0.4) is 0 Å². The summed E-state index contributed by atoms with van der Waals surface area (Å²) in [5, 5.41) is 0.722. The summed E-state index contributed by atoms with van der Waals surface area (Å²) in [7, 11) is 0. The molecule has 22 heavy (non-hydrogen) atoms. The number of nitrogens with zero attached hydrogens (tertiary/aromatic N) is 2. The van der Waals surface area contributed by atoms with E-state index in [-0.39, 0.29) is 11.9 Å². The molecule has 2 heterocycles. The molecule has 2 aromatic rings. The highest BCUT2D eigenvalue weighted by Gasteiger charge is 2.29. The Bertz CT molecular complexity index is 669. The first-order valence-electron chi connectivity index (χ1n) is 7.60. The summed E-state index contributed by atoms with van der Waals surface area (Å²) in [6.07, 6.45) is 4.23. The fraction of sp³-hybridized carbons (Fsp3) is 0.333. The number of pyridine rings is 1. The first kappa shape index (κ1) is 15.0. The second-order valence-corrected chi connectivity index (χ2v) is 6.22. The highest BCUT2D eigenvalue weighted by atomic mass is 35.5. The van der Waals surface area contributed by atoms with Crippen LogP contribution in [0, 0.1) is 6.92 Å². The maximum absolute atomic E-state index is 12.6. The molecular weight excluding hydrogens is 296 g/mol. The van der Waals surface area contributed by atoms with Crippen LogP contribution in [0.25, 0.3) is 0 Å². The van der Waals surface area contributed by atoms with Crippen LogP contribution in [0.1, 0.15) is 35.7 Å². The van der Waals surface area contributed by atoms with Gasteiger partial charge in [0.2, 0.25) is 5.91 Å². The molecule has 0 bridgehead atoms. The Labute approximate surface area is 135 Å². The van der Waals surface area contributed by atoms with Gasteiger partial charge in [-0.1, -0.05) is 29.8 Å². The summed E-state index contributed by atoms with van der Waals surface area (Å²) in [4.78, 5) is 18.9. The van der Waals surface area contributed by atoms with E-state index in [1.165, 1.54) is 0 Å². The van der Waals surface area contributed by atoms with Crippen molar-refractivity contribution in [3.05, 3.63) is 64.4 Å². The van der Waals surface area contributed by atoms with Crippen LogP contribution in [-0.2, 0) is 11.2 Å². The molecule has 1 aromatic carbocycles. The summed E-state index contributed by atoms with van der Waals surface area (Å²) < 4.78 is 0. The Morgan fingerprint density at radius 3 is 2.95 bits per heavy atom. The number of amides is 1. The Hall–Kier alpha value is -1.87. The molecule has 114 valence electrons. The topological polar surface area (TPSA) is 33.2 Å². The average Bonchev–Trinajstić information content (AvgIpc) is 2.99. The molecule has 3 nitrogen and oxygen atoms in total. The Morgan fingerprint density at radius 2 is 2.23 bits per heavy atom. The van der Waals surface area contributed by atoms with Gasteiger partial charge < -0.3 is 4.90 Å². The van der Waals surface area contributed by atoms with Gasteiger partial charge in [-0.25, -0.2) is 0 Å². The molecule has 1 aliphatic rings. The molecule has 1 aliphatic heterocycles. The first-order valence-corrected chi connectivity index (χ1v) is 7.98. The van der Waals surface area contributed by atoms with E-state index in [4.69, 9.17) is 11.6 Å². The second kappa shape index (κ2) is 6.49. The van der Waals surface area contributed by atoms with Gasteiger partial charge >= 0.3 is 0 Å². The molecule has 0 radical (unpaired) electrons. The zero-order valence-corrected chi connectivity index (χ0v) is 13.4. The summed E-state index contributed by atoms with van der Waals surface area (Å²) in [6.45, 7) is 2.76. The lowest BCUT2D eigenvalue weighted by Crippen LogP contribution is -2.31. The SMILES string of the molecule is Cc1ccc(CC(=O)N2CCCC2c2cccc(Cl)c2)cn1. The number of benzene rings is 1. The van der Waals surface area contributed by atoms with E-state index in [9.17, 15) is 4.79 Å². The van der Waals surface area contributed by atoms with Crippen molar-refractivity contribution < 1.29 is 4.79 Å². The number of aromatic nitrogens is 1. The Kier molecular flexibility index (Phi) is 4.44. The number of aryl methyl sites for hydroxylation is 1. The van der Waals surface area contributed by atoms with E-state index in [1.807, 2.05) is 42.2 Å². The monoisotopic (exact) mass is 314 g/mol. The van der Waals surface area contributed by atoms with Crippen molar-refractivity contribution in [2.45, 2.75) is 32.2 Å². The van der Waals surface area contributed by atoms with Gasteiger partial charge in [0.15, 0.2) is 0 Å². The highest BCUT2D eigenvalue weighted by molar-refractivity contribution is 6.30. The van der Waals surface area contributed by atoms with Crippen LogP contribution in [0.5, 0.6) is 0 Å². The van der Waals surface area contributed by atoms with Crippen LogP contribution >= 0.6 is 11.6 Å². The zero-order valence-electron chi connectivity index (χ0n) is 12.6. The van der Waals surface area contributed by atoms with Crippen LogP contribution in [0.4, 0.5) is 0 Å². The molecule has 1 fully saturated rings. The second-order valence-electron chi connectivity index (χ2n) is 5.78. The molecule has 0 spiro atoms. The lowest BCUT2D eigenvalue weighted by Gasteiger charge is -2.25. The van der Waals surface area contributed by atoms with E-state index in [1.54, 1.807) is 6.20 Å². The number of carbonyl (C=O) groups excluding carboxylic acids is 1. The van der Waals surface area contributed by atoms with Crippen LogP contribution in [-0.4, -0.2) is 22.3 Å². The normalized spacial score (nSPS) is 17.7. The number of carbonyl (C=O) groups is 1. The molecule has 1 saturated heterocycles. The molecule has 1 aromatic heterocycles. The third kappa shape index (κ3) is 3.30. The van der Waals surface area contributed by atoms with Gasteiger partial charge in [-0.3, -0.25) is 9.78 Å². The number of hydrogen-bond donors (Lipinski definition) is 0. The fourth-order valence-corrected chi connectivity index (χ4v) is 3.20. The van der Waals surface area contributed by atoms with E-state index in [0.29, 0.717) is 6.42 Å². The molecule has 0 N–H and O–H groups in total. The zero-order chi connectivity index (χ0) is 15.5. The fourth-order valence-electron chi connectivity index (χ4n) is 3.00. The predicted molar refractivity (Wildman–Crippen MR) is 87.8 cm³/mol. The summed E-state index contributed by atoms with van der Waals surface area (Å²) in [6, 6.07) is 11.9. The number of hydrogen-bond acceptors (Lipinski definition) is 2. The van der Waals surface area contributed by atoms with Crippen molar-refractivity contribution in [1.82, 2.24) is 9.88 Å². The van der Waals surface area contributed by atoms with Gasteiger partial charge in [-0.05, 0) is 49.1 Å². The van der Waals surface area contributed by atoms with Gasteiger partial charge in [0.25, 0.3) is 0 Å². The molecule has 0 aliphatic carbocycles. The van der Waals surface area contributed by atoms with Gasteiger partial charge in [0, 0.05) is 23.5 Å². The van der Waals surface area contributed by atoms with Crippen molar-refractivity contribution in [2.75, 3.05) is 6.54 Å². The first-order chi connectivity index (χ1) is 10.6. The predicted octanol–water partition coefficient (Wildman–Crippen LogP) is 3.95. The third-order valence-electron chi connectivity index (χ3n) is 4.13. The lowest BCUT2D eigenvalue weighted by atomic mass is 10.0. The highest BCUT2D eigenvalue weighted by Crippen LogP contribution is 2.33. The van der Waals surface area contributed by atoms with Crippen molar-refractivity contribution in [2.24, 2.45) is 0 Å². The van der Waals surface area contributed by atoms with Crippen molar-refractivity contribution in [1.29, 1.82) is 0 Å². The quantitative estimate of drug-likeness (QED) is 0.859. The van der Waals surface area contributed by atoms with Crippen LogP contribution in [0.15, 0.2) is 42.6 Å². The minimum atomic E-state index is 0.143. The molecular formula is C18H19ClN2O. The minimum Gasteiger partial charge on any atom is -0.335 e. The van der Waals surface area contributed by atoms with E-state index in [2.05, 4.69) is 11.1 Å². The van der Waals surface area contributed by atoms with Gasteiger partial charge in [-0.2, -0.15) is 0 Å². The smallest absolute Gasteiger partial charge is 0.227 e. The molecule has 4 heteroatoms. The minimum absolute atomic E-state index is 0.143. The van der Waals surface area contributed by atoms with Gasteiger partial charge in [0.05, 0.1) is 12.5 Å². The largest absolute Gasteiger partial charge is 0.335 e. The molecule has 3 rings (SSSR count). The number of likely N-dealkylation sites (tertiary alicyclic amines) is 1. The van der Waals surface area contributed by atoms with Gasteiger partial charge in [0.1, 0.15) is 0 Å². The molecule has 0 saturated carbocycles. The average molecular weight is 315 g/mol. The van der Waals surface area contributed by atoms with Gasteiger partial charge in [-0.15, -0.1) is 0 Å². The third-order valence-corrected chi connectivity index (χ3v) is 4.37. The molecule has 1 amide bonds.